The van der Waals surface area contributed by atoms with Crippen molar-refractivity contribution in [3.63, 3.8) is 0 Å². The van der Waals surface area contributed by atoms with Gasteiger partial charge in [-0.2, -0.15) is 0 Å². The molecule has 1 heterocycles. The van der Waals surface area contributed by atoms with Crippen LogP contribution in [0.2, 0.25) is 5.02 Å². The molecule has 1 unspecified atom stereocenters. The van der Waals surface area contributed by atoms with Gasteiger partial charge in [0.15, 0.2) is 0 Å². The van der Waals surface area contributed by atoms with Crippen molar-refractivity contribution < 1.29 is 15.0 Å². The minimum atomic E-state index is -0.641. The topological polar surface area (TPSA) is 60.8 Å². The second-order valence-electron chi connectivity index (χ2n) is 3.79. The minimum absolute atomic E-state index is 0.122. The van der Waals surface area contributed by atoms with Crippen LogP contribution < -0.4 is 4.90 Å². The SMILES string of the molecule is O=C1CC(O)CN1c1cc(Cl)ccc1CO. The number of hydrogen-bond donors (Lipinski definition) is 2. The standard InChI is InChI=1S/C11H12ClNO3/c12-8-2-1-7(6-14)10(3-8)13-5-9(15)4-11(13)16/h1-3,9,14-15H,4-6H2. The molecule has 1 atom stereocenters. The fraction of sp³-hybridized carbons (Fsp3) is 0.364. The molecule has 1 amide bonds. The Morgan fingerprint density at radius 3 is 2.81 bits per heavy atom. The van der Waals surface area contributed by atoms with Gasteiger partial charge in [-0.25, -0.2) is 0 Å². The third-order valence-electron chi connectivity index (χ3n) is 2.61. The fourth-order valence-electron chi connectivity index (χ4n) is 1.84. The highest BCUT2D eigenvalue weighted by molar-refractivity contribution is 6.31. The predicted octanol–water partition coefficient (Wildman–Crippen LogP) is 0.930. The van der Waals surface area contributed by atoms with Crippen molar-refractivity contribution in [1.29, 1.82) is 0 Å². The first-order chi connectivity index (χ1) is 7.61. The average molecular weight is 242 g/mol. The van der Waals surface area contributed by atoms with Crippen molar-refractivity contribution in [2.24, 2.45) is 0 Å². The molecule has 5 heteroatoms. The van der Waals surface area contributed by atoms with Gasteiger partial charge in [-0.1, -0.05) is 17.7 Å². The predicted molar refractivity (Wildman–Crippen MR) is 60.4 cm³/mol. The average Bonchev–Trinajstić information content (AvgIpc) is 2.57. The van der Waals surface area contributed by atoms with E-state index in [1.807, 2.05) is 0 Å². The maximum absolute atomic E-state index is 11.6. The zero-order valence-electron chi connectivity index (χ0n) is 8.56. The lowest BCUT2D eigenvalue weighted by Gasteiger charge is -2.19. The van der Waals surface area contributed by atoms with Crippen molar-refractivity contribution in [2.45, 2.75) is 19.1 Å². The molecular formula is C11H12ClNO3. The molecule has 0 aliphatic carbocycles. The van der Waals surface area contributed by atoms with Gasteiger partial charge in [0.1, 0.15) is 0 Å². The molecule has 0 bridgehead atoms. The van der Waals surface area contributed by atoms with Crippen LogP contribution in [0.5, 0.6) is 0 Å². The molecule has 16 heavy (non-hydrogen) atoms. The molecule has 2 N–H and O–H groups in total. The molecule has 0 aromatic heterocycles. The molecule has 1 aliphatic heterocycles. The van der Waals surface area contributed by atoms with Crippen LogP contribution in [-0.4, -0.2) is 28.8 Å². The number of rotatable bonds is 2. The van der Waals surface area contributed by atoms with Gasteiger partial charge in [0.25, 0.3) is 0 Å². The highest BCUT2D eigenvalue weighted by atomic mass is 35.5. The number of benzene rings is 1. The Balaban J connectivity index is 2.39. The van der Waals surface area contributed by atoms with Gasteiger partial charge in [0.2, 0.25) is 5.91 Å². The van der Waals surface area contributed by atoms with E-state index in [2.05, 4.69) is 0 Å². The largest absolute Gasteiger partial charge is 0.392 e. The Bertz CT molecular complexity index is 422. The Labute approximate surface area is 98.1 Å². The number of hydrogen-bond acceptors (Lipinski definition) is 3. The van der Waals surface area contributed by atoms with Gasteiger partial charge in [-0.15, -0.1) is 0 Å². The number of carbonyl (C=O) groups is 1. The fourth-order valence-corrected chi connectivity index (χ4v) is 2.01. The third-order valence-corrected chi connectivity index (χ3v) is 2.85. The number of aliphatic hydroxyl groups excluding tert-OH is 2. The minimum Gasteiger partial charge on any atom is -0.392 e. The molecule has 0 spiro atoms. The van der Waals surface area contributed by atoms with Gasteiger partial charge >= 0.3 is 0 Å². The summed E-state index contributed by atoms with van der Waals surface area (Å²) in [4.78, 5) is 13.1. The Morgan fingerprint density at radius 2 is 2.25 bits per heavy atom. The number of halogens is 1. The highest BCUT2D eigenvalue weighted by Crippen LogP contribution is 2.28. The van der Waals surface area contributed by atoms with E-state index >= 15 is 0 Å². The first-order valence-electron chi connectivity index (χ1n) is 4.99. The molecule has 4 nitrogen and oxygen atoms in total. The summed E-state index contributed by atoms with van der Waals surface area (Å²) in [5.41, 5.74) is 1.21. The molecule has 1 saturated heterocycles. The number of carbonyl (C=O) groups excluding carboxylic acids is 1. The van der Waals surface area contributed by atoms with Crippen LogP contribution in [0.3, 0.4) is 0 Å². The van der Waals surface area contributed by atoms with E-state index in [4.69, 9.17) is 11.6 Å². The zero-order chi connectivity index (χ0) is 11.7. The number of aliphatic hydroxyl groups is 2. The normalized spacial score (nSPS) is 20.6. The van der Waals surface area contributed by atoms with Crippen molar-refractivity contribution in [2.75, 3.05) is 11.4 Å². The molecular weight excluding hydrogens is 230 g/mol. The molecule has 86 valence electrons. The van der Waals surface area contributed by atoms with Gasteiger partial charge in [-0.3, -0.25) is 4.79 Å². The first-order valence-corrected chi connectivity index (χ1v) is 5.37. The van der Waals surface area contributed by atoms with E-state index in [0.29, 0.717) is 16.3 Å². The molecule has 1 aliphatic rings. The lowest BCUT2D eigenvalue weighted by molar-refractivity contribution is -0.117. The summed E-state index contributed by atoms with van der Waals surface area (Å²) in [6.45, 7) is 0.0958. The number of nitrogens with zero attached hydrogens (tertiary/aromatic N) is 1. The van der Waals surface area contributed by atoms with Crippen LogP contribution in [0.15, 0.2) is 18.2 Å². The van der Waals surface area contributed by atoms with Gasteiger partial charge in [0, 0.05) is 10.6 Å². The van der Waals surface area contributed by atoms with Crippen LogP contribution in [0.4, 0.5) is 5.69 Å². The second kappa shape index (κ2) is 4.41. The van der Waals surface area contributed by atoms with Gasteiger partial charge < -0.3 is 15.1 Å². The van der Waals surface area contributed by atoms with E-state index in [1.54, 1.807) is 18.2 Å². The quantitative estimate of drug-likeness (QED) is 0.810. The van der Waals surface area contributed by atoms with E-state index in [0.717, 1.165) is 0 Å². The van der Waals surface area contributed by atoms with Crippen molar-refractivity contribution in [3.05, 3.63) is 28.8 Å². The molecule has 0 saturated carbocycles. The summed E-state index contributed by atoms with van der Waals surface area (Å²) in [5.74, 6) is -0.149. The van der Waals surface area contributed by atoms with E-state index < -0.39 is 6.10 Å². The third kappa shape index (κ3) is 2.04. The molecule has 1 aromatic rings. The smallest absolute Gasteiger partial charge is 0.229 e. The second-order valence-corrected chi connectivity index (χ2v) is 4.23. The maximum Gasteiger partial charge on any atom is 0.229 e. The van der Waals surface area contributed by atoms with E-state index in [1.165, 1.54) is 4.90 Å². The van der Waals surface area contributed by atoms with Gasteiger partial charge in [-0.05, 0) is 12.1 Å². The number of amides is 1. The summed E-state index contributed by atoms with van der Waals surface area (Å²) < 4.78 is 0. The molecule has 0 radical (unpaired) electrons. The van der Waals surface area contributed by atoms with Crippen LogP contribution in [0, 0.1) is 0 Å². The highest BCUT2D eigenvalue weighted by Gasteiger charge is 2.30. The van der Waals surface area contributed by atoms with Crippen LogP contribution in [-0.2, 0) is 11.4 Å². The first kappa shape index (κ1) is 11.4. The molecule has 2 rings (SSSR count). The van der Waals surface area contributed by atoms with Crippen LogP contribution in [0.25, 0.3) is 0 Å². The zero-order valence-corrected chi connectivity index (χ0v) is 9.31. The summed E-state index contributed by atoms with van der Waals surface area (Å²) in [6.07, 6.45) is -0.518. The summed E-state index contributed by atoms with van der Waals surface area (Å²) in [6, 6.07) is 4.96. The van der Waals surface area contributed by atoms with Crippen molar-refractivity contribution >= 4 is 23.2 Å². The number of anilines is 1. The lowest BCUT2D eigenvalue weighted by atomic mass is 10.1. The van der Waals surface area contributed by atoms with E-state index in [-0.39, 0.29) is 25.5 Å². The van der Waals surface area contributed by atoms with E-state index in [9.17, 15) is 15.0 Å². The van der Waals surface area contributed by atoms with Gasteiger partial charge in [0.05, 0.1) is 31.4 Å². The Morgan fingerprint density at radius 1 is 1.50 bits per heavy atom. The summed E-state index contributed by atoms with van der Waals surface area (Å²) >= 11 is 5.85. The molecule has 1 aromatic carbocycles. The van der Waals surface area contributed by atoms with Crippen molar-refractivity contribution in [1.82, 2.24) is 0 Å². The maximum atomic E-state index is 11.6. The summed E-state index contributed by atoms with van der Waals surface area (Å²) in [7, 11) is 0. The van der Waals surface area contributed by atoms with Crippen LogP contribution >= 0.6 is 11.6 Å². The Kier molecular flexibility index (Phi) is 3.14. The van der Waals surface area contributed by atoms with Crippen LogP contribution in [0.1, 0.15) is 12.0 Å². The Hall–Kier alpha value is -1.10. The number of β-amino-alcohol motifs (C(OH)–C–C–N with tert-alkyl or cyclic N) is 1. The monoisotopic (exact) mass is 241 g/mol. The lowest BCUT2D eigenvalue weighted by Crippen LogP contribution is -2.26. The summed E-state index contributed by atoms with van der Waals surface area (Å²) in [5, 5.41) is 19.1. The van der Waals surface area contributed by atoms with Crippen molar-refractivity contribution in [3.8, 4) is 0 Å². The molecule has 1 fully saturated rings.